The standard InChI is InChI=1S/C24H27NO4/c1-5-27-19-8-6-17(7-9-19)10-21-22(26)20-11-18-13-25(12-15(2)3)14-28-23(18)16(4)24(20)29-21/h6-11,15H,5,12-14H2,1-4H3/b21-10-. The van der Waals surface area contributed by atoms with Crippen molar-refractivity contribution in [3.63, 3.8) is 0 Å². The van der Waals surface area contributed by atoms with Gasteiger partial charge in [-0.3, -0.25) is 9.69 Å². The lowest BCUT2D eigenvalue weighted by Crippen LogP contribution is -2.35. The number of carbonyl (C=O) groups excluding carboxylic acids is 1. The summed E-state index contributed by atoms with van der Waals surface area (Å²) in [6.45, 7) is 11.2. The van der Waals surface area contributed by atoms with Crippen LogP contribution in [0, 0.1) is 12.8 Å². The van der Waals surface area contributed by atoms with Crippen LogP contribution in [0.3, 0.4) is 0 Å². The predicted molar refractivity (Wildman–Crippen MR) is 112 cm³/mol. The van der Waals surface area contributed by atoms with Crippen molar-refractivity contribution in [2.45, 2.75) is 34.2 Å². The summed E-state index contributed by atoms with van der Waals surface area (Å²) in [7, 11) is 0. The molecule has 4 rings (SSSR count). The van der Waals surface area contributed by atoms with Crippen molar-refractivity contribution in [3.8, 4) is 17.2 Å². The quantitative estimate of drug-likeness (QED) is 0.682. The first-order chi connectivity index (χ1) is 14.0. The molecule has 0 aromatic heterocycles. The maximum absolute atomic E-state index is 13.0. The Morgan fingerprint density at radius 2 is 1.97 bits per heavy atom. The number of benzene rings is 2. The molecule has 5 heteroatoms. The number of carbonyl (C=O) groups is 1. The molecule has 2 aromatic rings. The van der Waals surface area contributed by atoms with Crippen molar-refractivity contribution in [2.24, 2.45) is 5.92 Å². The zero-order chi connectivity index (χ0) is 20.5. The highest BCUT2D eigenvalue weighted by atomic mass is 16.5. The Bertz CT molecular complexity index is 960. The number of hydrogen-bond donors (Lipinski definition) is 0. The van der Waals surface area contributed by atoms with E-state index in [1.807, 2.05) is 44.2 Å². The first-order valence-electron chi connectivity index (χ1n) is 10.1. The van der Waals surface area contributed by atoms with Crippen LogP contribution in [0.15, 0.2) is 36.1 Å². The van der Waals surface area contributed by atoms with Crippen LogP contribution in [0.2, 0.25) is 0 Å². The highest BCUT2D eigenvalue weighted by Crippen LogP contribution is 2.43. The van der Waals surface area contributed by atoms with Gasteiger partial charge in [0.05, 0.1) is 12.2 Å². The zero-order valence-electron chi connectivity index (χ0n) is 17.5. The molecule has 0 saturated carbocycles. The number of rotatable bonds is 5. The van der Waals surface area contributed by atoms with Crippen molar-refractivity contribution in [3.05, 3.63) is 58.3 Å². The molecule has 2 aliphatic rings. The minimum Gasteiger partial charge on any atom is -0.494 e. The average Bonchev–Trinajstić information content (AvgIpc) is 2.99. The van der Waals surface area contributed by atoms with Gasteiger partial charge in [-0.25, -0.2) is 0 Å². The number of ketones is 1. The fraction of sp³-hybridized carbons (Fsp3) is 0.375. The number of ether oxygens (including phenoxy) is 3. The Kier molecular flexibility index (Phi) is 5.33. The topological polar surface area (TPSA) is 48.0 Å². The van der Waals surface area contributed by atoms with Crippen LogP contribution in [-0.4, -0.2) is 30.6 Å². The minimum atomic E-state index is -0.0826. The molecule has 2 aromatic carbocycles. The van der Waals surface area contributed by atoms with Crippen LogP contribution < -0.4 is 14.2 Å². The van der Waals surface area contributed by atoms with E-state index < -0.39 is 0 Å². The third kappa shape index (κ3) is 3.87. The van der Waals surface area contributed by atoms with Crippen LogP contribution >= 0.6 is 0 Å². The summed E-state index contributed by atoms with van der Waals surface area (Å²) in [6.07, 6.45) is 1.78. The Labute approximate surface area is 171 Å². The van der Waals surface area contributed by atoms with Gasteiger partial charge in [0.1, 0.15) is 24.0 Å². The second-order valence-electron chi connectivity index (χ2n) is 7.99. The summed E-state index contributed by atoms with van der Waals surface area (Å²) in [5.74, 6) is 3.09. The molecule has 0 aliphatic carbocycles. The lowest BCUT2D eigenvalue weighted by atomic mass is 9.99. The second-order valence-corrected chi connectivity index (χ2v) is 7.99. The van der Waals surface area contributed by atoms with E-state index in [9.17, 15) is 4.79 Å². The van der Waals surface area contributed by atoms with E-state index >= 15 is 0 Å². The van der Waals surface area contributed by atoms with Gasteiger partial charge in [0.15, 0.2) is 5.76 Å². The van der Waals surface area contributed by atoms with Gasteiger partial charge in [0.25, 0.3) is 0 Å². The summed E-state index contributed by atoms with van der Waals surface area (Å²) in [4.78, 5) is 15.3. The molecule has 0 bridgehead atoms. The summed E-state index contributed by atoms with van der Waals surface area (Å²) in [5.41, 5.74) is 3.46. The maximum atomic E-state index is 13.0. The van der Waals surface area contributed by atoms with Gasteiger partial charge in [-0.1, -0.05) is 26.0 Å². The highest BCUT2D eigenvalue weighted by molar-refractivity contribution is 6.15. The van der Waals surface area contributed by atoms with E-state index in [2.05, 4.69) is 18.7 Å². The van der Waals surface area contributed by atoms with Crippen molar-refractivity contribution < 1.29 is 19.0 Å². The maximum Gasteiger partial charge on any atom is 0.231 e. The fourth-order valence-corrected chi connectivity index (χ4v) is 3.91. The molecule has 5 nitrogen and oxygen atoms in total. The van der Waals surface area contributed by atoms with Crippen LogP contribution in [0.4, 0.5) is 0 Å². The van der Waals surface area contributed by atoms with Gasteiger partial charge < -0.3 is 14.2 Å². The van der Waals surface area contributed by atoms with Gasteiger partial charge in [0.2, 0.25) is 5.78 Å². The van der Waals surface area contributed by atoms with Crippen molar-refractivity contribution in [1.82, 2.24) is 4.90 Å². The minimum absolute atomic E-state index is 0.0826. The van der Waals surface area contributed by atoms with E-state index in [1.165, 1.54) is 0 Å². The van der Waals surface area contributed by atoms with Crippen molar-refractivity contribution in [1.29, 1.82) is 0 Å². The van der Waals surface area contributed by atoms with Gasteiger partial charge in [-0.15, -0.1) is 0 Å². The predicted octanol–water partition coefficient (Wildman–Crippen LogP) is 4.82. The monoisotopic (exact) mass is 393 g/mol. The summed E-state index contributed by atoms with van der Waals surface area (Å²) in [6, 6.07) is 9.56. The first kappa shape index (κ1) is 19.5. The molecule has 0 amide bonds. The molecule has 2 aliphatic heterocycles. The van der Waals surface area contributed by atoms with Crippen molar-refractivity contribution in [2.75, 3.05) is 19.9 Å². The van der Waals surface area contributed by atoms with E-state index in [4.69, 9.17) is 14.2 Å². The van der Waals surface area contributed by atoms with E-state index in [-0.39, 0.29) is 5.78 Å². The van der Waals surface area contributed by atoms with E-state index in [0.29, 0.717) is 36.3 Å². The van der Waals surface area contributed by atoms with Crippen LogP contribution in [0.1, 0.15) is 47.8 Å². The molecule has 0 atom stereocenters. The van der Waals surface area contributed by atoms with E-state index in [0.717, 1.165) is 41.3 Å². The lowest BCUT2D eigenvalue weighted by molar-refractivity contribution is 0.0835. The Morgan fingerprint density at radius 3 is 2.66 bits per heavy atom. The highest BCUT2D eigenvalue weighted by Gasteiger charge is 2.33. The largest absolute Gasteiger partial charge is 0.494 e. The normalized spacial score (nSPS) is 17.1. The van der Waals surface area contributed by atoms with Crippen LogP contribution in [0.25, 0.3) is 6.08 Å². The Morgan fingerprint density at radius 1 is 1.21 bits per heavy atom. The molecule has 2 heterocycles. The molecule has 0 radical (unpaired) electrons. The molecule has 152 valence electrons. The van der Waals surface area contributed by atoms with Crippen LogP contribution in [-0.2, 0) is 6.54 Å². The number of fused-ring (bicyclic) bond motifs is 2. The summed E-state index contributed by atoms with van der Waals surface area (Å²) in [5, 5.41) is 0. The second kappa shape index (κ2) is 7.91. The average molecular weight is 393 g/mol. The Hall–Kier alpha value is -2.79. The van der Waals surface area contributed by atoms with Gasteiger partial charge in [0, 0.05) is 24.2 Å². The molecule has 0 N–H and O–H groups in total. The third-order valence-electron chi connectivity index (χ3n) is 5.11. The fourth-order valence-electron chi connectivity index (χ4n) is 3.91. The van der Waals surface area contributed by atoms with E-state index in [1.54, 1.807) is 6.08 Å². The van der Waals surface area contributed by atoms with Crippen molar-refractivity contribution >= 4 is 11.9 Å². The SMILES string of the molecule is CCOc1ccc(/C=C2\Oc3c(cc4c(c3C)OCN(CC(C)C)C4)C2=O)cc1. The van der Waals surface area contributed by atoms with Gasteiger partial charge in [-0.2, -0.15) is 0 Å². The molecule has 0 fully saturated rings. The lowest BCUT2D eigenvalue weighted by Gasteiger charge is -2.31. The third-order valence-corrected chi connectivity index (χ3v) is 5.11. The zero-order valence-corrected chi connectivity index (χ0v) is 17.5. The smallest absolute Gasteiger partial charge is 0.231 e. The number of nitrogens with zero attached hydrogens (tertiary/aromatic N) is 1. The molecule has 0 saturated heterocycles. The number of allylic oxidation sites excluding steroid dienone is 1. The molecule has 0 unspecified atom stereocenters. The first-order valence-corrected chi connectivity index (χ1v) is 10.1. The van der Waals surface area contributed by atoms with Gasteiger partial charge in [-0.05, 0) is 49.6 Å². The molecular formula is C24H27NO4. The number of hydrogen-bond acceptors (Lipinski definition) is 5. The summed E-state index contributed by atoms with van der Waals surface area (Å²) < 4.78 is 17.5. The molecule has 0 spiro atoms. The summed E-state index contributed by atoms with van der Waals surface area (Å²) >= 11 is 0. The number of Topliss-reactive ketones (excluding diaryl/α,β-unsaturated/α-hetero) is 1. The van der Waals surface area contributed by atoms with Crippen LogP contribution in [0.5, 0.6) is 17.2 Å². The Balaban J connectivity index is 1.61. The molecule has 29 heavy (non-hydrogen) atoms. The van der Waals surface area contributed by atoms with Gasteiger partial charge >= 0.3 is 0 Å². The molecular weight excluding hydrogens is 366 g/mol.